The van der Waals surface area contributed by atoms with Crippen molar-refractivity contribution in [3.8, 4) is 0 Å². The molecule has 130 valence electrons. The van der Waals surface area contributed by atoms with E-state index in [2.05, 4.69) is 48.1 Å². The SMILES string of the molecule is CCN(CC)CCc1c(C)[nH]c(/C=C2\C(=O)NN=C2C2CC2)c1C. The second kappa shape index (κ2) is 6.93. The Morgan fingerprint density at radius 3 is 2.58 bits per heavy atom. The third kappa shape index (κ3) is 3.31. The van der Waals surface area contributed by atoms with Gasteiger partial charge in [-0.3, -0.25) is 4.79 Å². The van der Waals surface area contributed by atoms with E-state index in [0.29, 0.717) is 5.92 Å². The number of carbonyl (C=O) groups is 1. The van der Waals surface area contributed by atoms with E-state index < -0.39 is 0 Å². The van der Waals surface area contributed by atoms with Crippen LogP contribution in [0, 0.1) is 19.8 Å². The van der Waals surface area contributed by atoms with Gasteiger partial charge in [-0.05, 0) is 63.4 Å². The van der Waals surface area contributed by atoms with Gasteiger partial charge in [0.2, 0.25) is 0 Å². The first-order chi connectivity index (χ1) is 11.5. The zero-order chi connectivity index (χ0) is 17.3. The summed E-state index contributed by atoms with van der Waals surface area (Å²) in [5, 5.41) is 4.23. The van der Waals surface area contributed by atoms with Crippen LogP contribution in [0.15, 0.2) is 10.7 Å². The molecular weight excluding hydrogens is 300 g/mol. The number of hydrogen-bond acceptors (Lipinski definition) is 3. The number of nitrogens with one attached hydrogen (secondary N) is 2. The first-order valence-corrected chi connectivity index (χ1v) is 9.05. The highest BCUT2D eigenvalue weighted by Crippen LogP contribution is 2.35. The van der Waals surface area contributed by atoms with E-state index in [0.717, 1.165) is 55.9 Å². The monoisotopic (exact) mass is 328 g/mol. The van der Waals surface area contributed by atoms with Crippen molar-refractivity contribution in [2.75, 3.05) is 19.6 Å². The lowest BCUT2D eigenvalue weighted by Gasteiger charge is -2.17. The number of H-pyrrole nitrogens is 1. The van der Waals surface area contributed by atoms with Gasteiger partial charge in [0.15, 0.2) is 0 Å². The molecule has 0 saturated heterocycles. The van der Waals surface area contributed by atoms with Crippen LogP contribution < -0.4 is 5.43 Å². The van der Waals surface area contributed by atoms with Crippen LogP contribution in [0.5, 0.6) is 0 Å². The molecular formula is C19H28N4O. The van der Waals surface area contributed by atoms with Gasteiger partial charge in [0.05, 0.1) is 11.3 Å². The lowest BCUT2D eigenvalue weighted by atomic mass is 10.0. The first kappa shape index (κ1) is 17.0. The number of amides is 1. The Balaban J connectivity index is 1.82. The summed E-state index contributed by atoms with van der Waals surface area (Å²) in [4.78, 5) is 18.0. The zero-order valence-corrected chi connectivity index (χ0v) is 15.2. The van der Waals surface area contributed by atoms with Gasteiger partial charge in [0.1, 0.15) is 0 Å². The average Bonchev–Trinajstić information content (AvgIpc) is 3.30. The number of aromatic amines is 1. The lowest BCUT2D eigenvalue weighted by molar-refractivity contribution is -0.116. The molecule has 1 fully saturated rings. The molecule has 2 heterocycles. The molecule has 3 rings (SSSR count). The molecule has 5 nitrogen and oxygen atoms in total. The molecule has 0 spiro atoms. The molecule has 5 heteroatoms. The fourth-order valence-corrected chi connectivity index (χ4v) is 3.44. The molecule has 1 aliphatic heterocycles. The van der Waals surface area contributed by atoms with E-state index in [1.807, 2.05) is 6.08 Å². The number of aryl methyl sites for hydroxylation is 1. The van der Waals surface area contributed by atoms with Crippen molar-refractivity contribution < 1.29 is 4.79 Å². The average molecular weight is 328 g/mol. The van der Waals surface area contributed by atoms with Crippen molar-refractivity contribution in [1.29, 1.82) is 0 Å². The maximum atomic E-state index is 12.1. The number of rotatable bonds is 7. The highest BCUT2D eigenvalue weighted by molar-refractivity contribution is 6.28. The third-order valence-electron chi connectivity index (χ3n) is 5.26. The maximum absolute atomic E-state index is 12.1. The maximum Gasteiger partial charge on any atom is 0.273 e. The predicted octanol–water partition coefficient (Wildman–Crippen LogP) is 2.80. The second-order valence-corrected chi connectivity index (χ2v) is 6.81. The summed E-state index contributed by atoms with van der Waals surface area (Å²) in [5.41, 5.74) is 9.16. The molecule has 0 unspecified atom stereocenters. The van der Waals surface area contributed by atoms with Gasteiger partial charge in [-0.2, -0.15) is 5.10 Å². The summed E-state index contributed by atoms with van der Waals surface area (Å²) in [6.07, 6.45) is 5.31. The van der Waals surface area contributed by atoms with E-state index >= 15 is 0 Å². The van der Waals surface area contributed by atoms with Crippen LogP contribution in [0.3, 0.4) is 0 Å². The summed E-state index contributed by atoms with van der Waals surface area (Å²) in [6.45, 7) is 11.9. The zero-order valence-electron chi connectivity index (χ0n) is 15.2. The summed E-state index contributed by atoms with van der Waals surface area (Å²) in [7, 11) is 0. The third-order valence-corrected chi connectivity index (χ3v) is 5.26. The van der Waals surface area contributed by atoms with Crippen molar-refractivity contribution in [1.82, 2.24) is 15.3 Å². The molecule has 1 aromatic heterocycles. The number of hydrazone groups is 1. The van der Waals surface area contributed by atoms with Crippen LogP contribution in [0.1, 0.15) is 49.2 Å². The smallest absolute Gasteiger partial charge is 0.273 e. The molecule has 0 bridgehead atoms. The number of nitrogens with zero attached hydrogens (tertiary/aromatic N) is 2. The van der Waals surface area contributed by atoms with Gasteiger partial charge >= 0.3 is 0 Å². The Morgan fingerprint density at radius 2 is 1.96 bits per heavy atom. The molecule has 2 N–H and O–H groups in total. The molecule has 24 heavy (non-hydrogen) atoms. The molecule has 1 amide bonds. The Kier molecular flexibility index (Phi) is 4.90. The van der Waals surface area contributed by atoms with E-state index in [1.165, 1.54) is 16.8 Å². The number of hydrogen-bond donors (Lipinski definition) is 2. The van der Waals surface area contributed by atoms with Crippen molar-refractivity contribution >= 4 is 17.7 Å². The quantitative estimate of drug-likeness (QED) is 0.756. The molecule has 2 aliphatic rings. The summed E-state index contributed by atoms with van der Waals surface area (Å²) in [5.74, 6) is 0.391. The standard InChI is InChI=1S/C19H28N4O/c1-5-23(6-2)10-9-15-12(3)17(20-13(15)4)11-16-18(14-7-8-14)21-22-19(16)24/h11,14,20H,5-10H2,1-4H3,(H,22,24)/b16-11-. The van der Waals surface area contributed by atoms with Crippen LogP contribution in [-0.4, -0.2) is 41.1 Å². The predicted molar refractivity (Wildman–Crippen MR) is 98.0 cm³/mol. The molecule has 0 atom stereocenters. The van der Waals surface area contributed by atoms with Gasteiger partial charge in [0, 0.05) is 23.9 Å². The normalized spacial score (nSPS) is 19.3. The molecule has 0 radical (unpaired) electrons. The highest BCUT2D eigenvalue weighted by atomic mass is 16.2. The van der Waals surface area contributed by atoms with Crippen LogP contribution in [0.4, 0.5) is 0 Å². The fourth-order valence-electron chi connectivity index (χ4n) is 3.44. The summed E-state index contributed by atoms with van der Waals surface area (Å²) < 4.78 is 0. The number of carbonyl (C=O) groups excluding carboxylic acids is 1. The van der Waals surface area contributed by atoms with Gasteiger partial charge in [0.25, 0.3) is 5.91 Å². The minimum absolute atomic E-state index is 0.0757. The number of likely N-dealkylation sites (N-methyl/N-ethyl adjacent to an activating group) is 1. The van der Waals surface area contributed by atoms with Crippen molar-refractivity contribution in [3.63, 3.8) is 0 Å². The van der Waals surface area contributed by atoms with Gasteiger partial charge in [-0.15, -0.1) is 0 Å². The Bertz CT molecular complexity index is 690. The highest BCUT2D eigenvalue weighted by Gasteiger charge is 2.36. The van der Waals surface area contributed by atoms with Crippen molar-refractivity contribution in [2.45, 2.75) is 47.0 Å². The lowest BCUT2D eigenvalue weighted by Crippen LogP contribution is -2.25. The minimum Gasteiger partial charge on any atom is -0.359 e. The van der Waals surface area contributed by atoms with Crippen LogP contribution in [0.2, 0.25) is 0 Å². The fraction of sp³-hybridized carbons (Fsp3) is 0.579. The van der Waals surface area contributed by atoms with Gasteiger partial charge in [-0.25, -0.2) is 5.43 Å². The summed E-state index contributed by atoms with van der Waals surface area (Å²) >= 11 is 0. The van der Waals surface area contributed by atoms with E-state index in [1.54, 1.807) is 0 Å². The van der Waals surface area contributed by atoms with Crippen LogP contribution >= 0.6 is 0 Å². The van der Waals surface area contributed by atoms with Crippen molar-refractivity contribution in [3.05, 3.63) is 28.1 Å². The molecule has 1 aliphatic carbocycles. The Hall–Kier alpha value is -1.88. The molecule has 0 aromatic carbocycles. The topological polar surface area (TPSA) is 60.5 Å². The van der Waals surface area contributed by atoms with Crippen LogP contribution in [0.25, 0.3) is 6.08 Å². The largest absolute Gasteiger partial charge is 0.359 e. The summed E-state index contributed by atoms with van der Waals surface area (Å²) in [6, 6.07) is 0. The molecule has 1 aromatic rings. The van der Waals surface area contributed by atoms with Gasteiger partial charge in [-0.1, -0.05) is 13.8 Å². The Labute approximate surface area is 144 Å². The van der Waals surface area contributed by atoms with E-state index in [9.17, 15) is 4.79 Å². The minimum atomic E-state index is -0.0757. The van der Waals surface area contributed by atoms with Crippen molar-refractivity contribution in [2.24, 2.45) is 11.0 Å². The first-order valence-electron chi connectivity index (χ1n) is 9.05. The molecule has 1 saturated carbocycles. The van der Waals surface area contributed by atoms with E-state index in [4.69, 9.17) is 0 Å². The van der Waals surface area contributed by atoms with Gasteiger partial charge < -0.3 is 9.88 Å². The van der Waals surface area contributed by atoms with E-state index in [-0.39, 0.29) is 5.91 Å². The number of aromatic nitrogens is 1. The van der Waals surface area contributed by atoms with Crippen LogP contribution in [-0.2, 0) is 11.2 Å². The second-order valence-electron chi connectivity index (χ2n) is 6.81. The Morgan fingerprint density at radius 1 is 1.25 bits per heavy atom.